The number of methoxy groups -OCH3 is 1. The summed E-state index contributed by atoms with van der Waals surface area (Å²) < 4.78 is 25.0. The number of aromatic nitrogens is 5. The molecule has 0 saturated heterocycles. The van der Waals surface area contributed by atoms with Gasteiger partial charge in [-0.2, -0.15) is 14.8 Å². The third-order valence-corrected chi connectivity index (χ3v) is 4.69. The number of nitrogens with zero attached hydrogens (tertiary/aromatic N) is 5. The van der Waals surface area contributed by atoms with Gasteiger partial charge in [0.15, 0.2) is 5.69 Å². The molecule has 4 aromatic rings. The van der Waals surface area contributed by atoms with Crippen molar-refractivity contribution in [1.29, 1.82) is 0 Å². The number of carbonyl (C=O) groups is 1. The van der Waals surface area contributed by atoms with Crippen LogP contribution < -0.4 is 21.3 Å². The van der Waals surface area contributed by atoms with E-state index >= 15 is 0 Å². The van der Waals surface area contributed by atoms with Crippen molar-refractivity contribution in [3.63, 3.8) is 0 Å². The first kappa shape index (κ1) is 21.6. The van der Waals surface area contributed by atoms with Crippen molar-refractivity contribution in [2.24, 2.45) is 7.05 Å². The van der Waals surface area contributed by atoms with E-state index in [0.29, 0.717) is 5.75 Å². The summed E-state index contributed by atoms with van der Waals surface area (Å²) in [7, 11) is 2.80. The lowest BCUT2D eigenvalue weighted by atomic mass is 10.2. The van der Waals surface area contributed by atoms with Crippen molar-refractivity contribution >= 4 is 5.91 Å². The zero-order chi connectivity index (χ0) is 23.5. The third kappa shape index (κ3) is 4.39. The molecular formula is C21H17FN6O5. The van der Waals surface area contributed by atoms with Gasteiger partial charge in [0, 0.05) is 13.6 Å². The van der Waals surface area contributed by atoms with Crippen LogP contribution in [0.3, 0.4) is 0 Å². The number of carbonyl (C=O) groups excluding carboxylic acids is 1. The number of benzene rings is 2. The van der Waals surface area contributed by atoms with Gasteiger partial charge in [0.2, 0.25) is 5.82 Å². The second kappa shape index (κ2) is 8.86. The van der Waals surface area contributed by atoms with Gasteiger partial charge in [0.05, 0.1) is 12.8 Å². The van der Waals surface area contributed by atoms with E-state index in [2.05, 4.69) is 20.6 Å². The fourth-order valence-electron chi connectivity index (χ4n) is 2.88. The van der Waals surface area contributed by atoms with Crippen LogP contribution in [0, 0.1) is 5.82 Å². The van der Waals surface area contributed by atoms with Crippen LogP contribution in [-0.4, -0.2) is 37.5 Å². The maximum atomic E-state index is 13.2. The van der Waals surface area contributed by atoms with Crippen molar-refractivity contribution in [2.75, 3.05) is 7.11 Å². The molecule has 12 heteroatoms. The van der Waals surface area contributed by atoms with E-state index in [1.54, 1.807) is 31.4 Å². The number of nitrogens with one attached hydrogen (secondary N) is 1. The van der Waals surface area contributed by atoms with Gasteiger partial charge in [0.25, 0.3) is 5.56 Å². The van der Waals surface area contributed by atoms with Crippen LogP contribution in [-0.2, 0) is 13.6 Å². The molecule has 0 aliphatic heterocycles. The Labute approximate surface area is 185 Å². The molecule has 33 heavy (non-hydrogen) atoms. The van der Waals surface area contributed by atoms with E-state index in [4.69, 9.17) is 9.26 Å². The van der Waals surface area contributed by atoms with E-state index in [1.165, 1.54) is 19.2 Å². The summed E-state index contributed by atoms with van der Waals surface area (Å²) in [5, 5.41) is 10.3. The molecule has 0 radical (unpaired) electrons. The van der Waals surface area contributed by atoms with Crippen molar-refractivity contribution in [1.82, 2.24) is 29.8 Å². The van der Waals surface area contributed by atoms with Crippen LogP contribution in [0.4, 0.5) is 4.39 Å². The summed E-state index contributed by atoms with van der Waals surface area (Å²) in [6.07, 6.45) is 0. The Morgan fingerprint density at radius 1 is 1.12 bits per heavy atom. The van der Waals surface area contributed by atoms with Crippen LogP contribution in [0.25, 0.3) is 17.2 Å². The van der Waals surface area contributed by atoms with Crippen LogP contribution in [0.5, 0.6) is 5.75 Å². The molecule has 4 rings (SSSR count). The number of hydrogen-bond acceptors (Lipinski definition) is 8. The smallest absolute Gasteiger partial charge is 0.351 e. The van der Waals surface area contributed by atoms with Gasteiger partial charge >= 0.3 is 17.5 Å². The largest absolute Gasteiger partial charge is 0.497 e. The van der Waals surface area contributed by atoms with Crippen molar-refractivity contribution < 1.29 is 18.4 Å². The minimum Gasteiger partial charge on any atom is -0.497 e. The Hall–Kier alpha value is -4.61. The highest BCUT2D eigenvalue weighted by Gasteiger charge is 2.21. The normalized spacial score (nSPS) is 10.8. The van der Waals surface area contributed by atoms with Crippen LogP contribution in [0.15, 0.2) is 62.6 Å². The quantitative estimate of drug-likeness (QED) is 0.459. The molecule has 1 N–H and O–H groups in total. The highest BCUT2D eigenvalue weighted by Crippen LogP contribution is 2.12. The molecule has 0 spiro atoms. The highest BCUT2D eigenvalue weighted by atomic mass is 19.1. The number of amides is 1. The average Bonchev–Trinajstić information content (AvgIpc) is 3.32. The van der Waals surface area contributed by atoms with E-state index in [-0.39, 0.29) is 29.6 Å². The third-order valence-electron chi connectivity index (χ3n) is 4.69. The first-order valence-electron chi connectivity index (χ1n) is 9.59. The summed E-state index contributed by atoms with van der Waals surface area (Å²) in [6, 6.07) is 12.0. The molecule has 0 atom stereocenters. The van der Waals surface area contributed by atoms with Gasteiger partial charge < -0.3 is 14.6 Å². The lowest BCUT2D eigenvalue weighted by molar-refractivity contribution is 0.0907. The predicted molar refractivity (Wildman–Crippen MR) is 112 cm³/mol. The Morgan fingerprint density at radius 2 is 1.82 bits per heavy atom. The summed E-state index contributed by atoms with van der Waals surface area (Å²) >= 11 is 0. The fourth-order valence-corrected chi connectivity index (χ4v) is 2.88. The van der Waals surface area contributed by atoms with Crippen molar-refractivity contribution in [3.8, 4) is 23.0 Å². The Morgan fingerprint density at radius 3 is 2.48 bits per heavy atom. The van der Waals surface area contributed by atoms with Gasteiger partial charge in [-0.05, 0) is 42.0 Å². The average molecular weight is 452 g/mol. The molecule has 0 unspecified atom stereocenters. The number of ether oxygens (including phenoxy) is 1. The van der Waals surface area contributed by atoms with Gasteiger partial charge in [-0.1, -0.05) is 17.3 Å². The van der Waals surface area contributed by atoms with Gasteiger partial charge in [-0.15, -0.1) is 0 Å². The van der Waals surface area contributed by atoms with Crippen LogP contribution in [0.2, 0.25) is 0 Å². The van der Waals surface area contributed by atoms with Crippen LogP contribution in [0.1, 0.15) is 16.2 Å². The Bertz CT molecular complexity index is 1420. The molecule has 2 aromatic heterocycles. The summed E-state index contributed by atoms with van der Waals surface area (Å²) in [6.45, 7) is 0.190. The van der Waals surface area contributed by atoms with Crippen LogP contribution >= 0.6 is 0 Å². The van der Waals surface area contributed by atoms with E-state index in [1.807, 2.05) is 0 Å². The first-order valence-corrected chi connectivity index (χ1v) is 9.59. The number of halogens is 1. The van der Waals surface area contributed by atoms with E-state index in [0.717, 1.165) is 26.9 Å². The number of rotatable bonds is 6. The predicted octanol–water partition coefficient (Wildman–Crippen LogP) is 1.06. The summed E-state index contributed by atoms with van der Waals surface area (Å²) in [4.78, 5) is 41.4. The second-order valence-corrected chi connectivity index (χ2v) is 6.84. The minimum atomic E-state index is -0.788. The van der Waals surface area contributed by atoms with Gasteiger partial charge in [0.1, 0.15) is 11.6 Å². The molecule has 2 aromatic carbocycles. The standard InChI is InChI=1S/C21H17FN6O5/c1-27-20(30)16(25-28(21(27)31)14-7-5-13(22)6-8-14)17-24-19(33-26-17)18(29)23-11-12-3-9-15(32-2)10-4-12/h3-10H,11H2,1-2H3,(H,23,29). The van der Waals surface area contributed by atoms with Crippen molar-refractivity contribution in [3.05, 3.63) is 86.6 Å². The lowest BCUT2D eigenvalue weighted by Crippen LogP contribution is -2.40. The second-order valence-electron chi connectivity index (χ2n) is 6.84. The van der Waals surface area contributed by atoms with Gasteiger partial charge in [-0.25, -0.2) is 9.18 Å². The number of hydrogen-bond donors (Lipinski definition) is 1. The minimum absolute atomic E-state index is 0.190. The molecule has 0 aliphatic rings. The topological polar surface area (TPSA) is 134 Å². The molecule has 0 bridgehead atoms. The molecule has 11 nitrogen and oxygen atoms in total. The maximum Gasteiger partial charge on any atom is 0.351 e. The molecule has 168 valence electrons. The van der Waals surface area contributed by atoms with Crippen molar-refractivity contribution in [2.45, 2.75) is 6.54 Å². The Balaban J connectivity index is 1.59. The van der Waals surface area contributed by atoms with Gasteiger partial charge in [-0.3, -0.25) is 14.2 Å². The Kier molecular flexibility index (Phi) is 5.81. The molecule has 0 saturated carbocycles. The zero-order valence-corrected chi connectivity index (χ0v) is 17.5. The lowest BCUT2D eigenvalue weighted by Gasteiger charge is -2.07. The highest BCUT2D eigenvalue weighted by molar-refractivity contribution is 5.89. The summed E-state index contributed by atoms with van der Waals surface area (Å²) in [5.41, 5.74) is -0.829. The molecule has 0 fully saturated rings. The SMILES string of the molecule is COc1ccc(CNC(=O)c2nc(-c3nn(-c4ccc(F)cc4)c(=O)n(C)c3=O)no2)cc1. The van der Waals surface area contributed by atoms with E-state index in [9.17, 15) is 18.8 Å². The first-order chi connectivity index (χ1) is 15.9. The fraction of sp³-hybridized carbons (Fsp3) is 0.143. The molecule has 2 heterocycles. The molecule has 0 aliphatic carbocycles. The zero-order valence-electron chi connectivity index (χ0n) is 17.5. The monoisotopic (exact) mass is 452 g/mol. The summed E-state index contributed by atoms with van der Waals surface area (Å²) in [5.74, 6) is -1.14. The van der Waals surface area contributed by atoms with E-state index < -0.39 is 23.0 Å². The molecular weight excluding hydrogens is 435 g/mol. The molecule has 1 amide bonds. The maximum absolute atomic E-state index is 13.2.